The van der Waals surface area contributed by atoms with E-state index in [-0.39, 0.29) is 22.9 Å². The number of nitrogens with zero attached hydrogens (tertiary/aromatic N) is 3. The van der Waals surface area contributed by atoms with Crippen molar-refractivity contribution in [2.75, 3.05) is 31.6 Å². The van der Waals surface area contributed by atoms with Crippen LogP contribution in [0.1, 0.15) is 12.5 Å². The number of halogens is 1. The van der Waals surface area contributed by atoms with Gasteiger partial charge in [-0.25, -0.2) is 13.4 Å². The van der Waals surface area contributed by atoms with Crippen molar-refractivity contribution in [2.45, 2.75) is 28.8 Å². The minimum atomic E-state index is -3.63. The number of nitrogens with one attached hydrogen (secondary N) is 1. The quantitative estimate of drug-likeness (QED) is 0.239. The summed E-state index contributed by atoms with van der Waals surface area (Å²) in [4.78, 5) is 31.4. The number of hydrogen-bond acceptors (Lipinski definition) is 7. The standard InChI is InChI=1S/C28H27ClN4O5S2/c1-19(26(34)30-21-10-12-22(13-11-21)40(36,37)32-14-16-38-17-15-32)39-28-31-25-9-5-3-7-23(25)27(35)33(28)18-20-6-2-4-8-24(20)29/h2-13,19H,14-18H2,1H3,(H,30,34)/t19-/m1/s1. The molecule has 1 atom stereocenters. The second kappa shape index (κ2) is 12.1. The zero-order valence-electron chi connectivity index (χ0n) is 21.6. The Hall–Kier alpha value is -3.22. The number of hydrogen-bond donors (Lipinski definition) is 1. The molecule has 40 heavy (non-hydrogen) atoms. The predicted molar refractivity (Wildman–Crippen MR) is 157 cm³/mol. The van der Waals surface area contributed by atoms with E-state index in [4.69, 9.17) is 21.3 Å². The molecule has 0 bridgehead atoms. The molecule has 1 fully saturated rings. The molecule has 0 spiro atoms. The Kier molecular flexibility index (Phi) is 8.57. The van der Waals surface area contributed by atoms with Gasteiger partial charge in [-0.15, -0.1) is 0 Å². The van der Waals surface area contributed by atoms with E-state index in [1.165, 1.54) is 21.0 Å². The third-order valence-corrected chi connectivity index (χ3v) is 9.87. The summed E-state index contributed by atoms with van der Waals surface area (Å²) >= 11 is 7.53. The van der Waals surface area contributed by atoms with Crippen molar-refractivity contribution in [1.29, 1.82) is 0 Å². The maximum absolute atomic E-state index is 13.4. The van der Waals surface area contributed by atoms with Gasteiger partial charge in [-0.05, 0) is 55.0 Å². The van der Waals surface area contributed by atoms with E-state index in [1.807, 2.05) is 18.2 Å². The van der Waals surface area contributed by atoms with E-state index in [2.05, 4.69) is 5.32 Å². The second-order valence-electron chi connectivity index (χ2n) is 9.18. The fraction of sp³-hybridized carbons (Fsp3) is 0.250. The van der Waals surface area contributed by atoms with Crippen LogP contribution in [0.2, 0.25) is 5.02 Å². The molecule has 208 valence electrons. The average molecular weight is 599 g/mol. The first kappa shape index (κ1) is 28.3. The molecule has 0 saturated carbocycles. The molecular formula is C28H27ClN4O5S2. The van der Waals surface area contributed by atoms with Crippen LogP contribution in [0.3, 0.4) is 0 Å². The lowest BCUT2D eigenvalue weighted by atomic mass is 10.2. The summed E-state index contributed by atoms with van der Waals surface area (Å²) in [5.41, 5.74) is 1.53. The van der Waals surface area contributed by atoms with Gasteiger partial charge in [0.1, 0.15) is 0 Å². The van der Waals surface area contributed by atoms with E-state index in [9.17, 15) is 18.0 Å². The number of amides is 1. The average Bonchev–Trinajstić information content (AvgIpc) is 2.96. The smallest absolute Gasteiger partial charge is 0.262 e. The third kappa shape index (κ3) is 6.08. The summed E-state index contributed by atoms with van der Waals surface area (Å²) in [6.45, 7) is 3.26. The van der Waals surface area contributed by atoms with Gasteiger partial charge in [0.2, 0.25) is 15.9 Å². The maximum atomic E-state index is 13.4. The van der Waals surface area contributed by atoms with Gasteiger partial charge in [-0.1, -0.05) is 53.7 Å². The van der Waals surface area contributed by atoms with E-state index in [1.54, 1.807) is 49.4 Å². The summed E-state index contributed by atoms with van der Waals surface area (Å²) in [5.74, 6) is -0.319. The summed E-state index contributed by atoms with van der Waals surface area (Å²) < 4.78 is 33.9. The SMILES string of the molecule is C[C@@H](Sc1nc2ccccc2c(=O)n1Cc1ccccc1Cl)C(=O)Nc1ccc(S(=O)(=O)N2CCOCC2)cc1. The number of rotatable bonds is 8. The Labute approximate surface area is 241 Å². The number of para-hydroxylation sites is 1. The lowest BCUT2D eigenvalue weighted by Crippen LogP contribution is -2.40. The molecule has 1 N–H and O–H groups in total. The van der Waals surface area contributed by atoms with Crippen molar-refractivity contribution < 1.29 is 17.9 Å². The lowest BCUT2D eigenvalue weighted by molar-refractivity contribution is -0.115. The van der Waals surface area contributed by atoms with Crippen molar-refractivity contribution >= 4 is 55.9 Å². The van der Waals surface area contributed by atoms with Crippen LogP contribution in [-0.2, 0) is 26.1 Å². The van der Waals surface area contributed by atoms with Gasteiger partial charge in [0.05, 0.1) is 40.8 Å². The molecule has 0 radical (unpaired) electrons. The zero-order chi connectivity index (χ0) is 28.3. The fourth-order valence-corrected chi connectivity index (χ4v) is 6.79. The summed E-state index contributed by atoms with van der Waals surface area (Å²) in [5, 5.41) is 3.60. The molecular weight excluding hydrogens is 572 g/mol. The van der Waals surface area contributed by atoms with Crippen LogP contribution in [-0.4, -0.2) is 59.7 Å². The number of carbonyl (C=O) groups excluding carboxylic acids is 1. The van der Waals surface area contributed by atoms with Crippen molar-refractivity contribution in [1.82, 2.24) is 13.9 Å². The molecule has 1 aliphatic heterocycles. The number of thioether (sulfide) groups is 1. The number of carbonyl (C=O) groups is 1. The summed E-state index contributed by atoms with van der Waals surface area (Å²) in [7, 11) is -3.63. The van der Waals surface area contributed by atoms with Crippen molar-refractivity contribution in [3.05, 3.63) is 93.7 Å². The first-order chi connectivity index (χ1) is 19.2. The van der Waals surface area contributed by atoms with Crippen LogP contribution < -0.4 is 10.9 Å². The van der Waals surface area contributed by atoms with Crippen LogP contribution in [0.15, 0.2) is 87.6 Å². The Balaban J connectivity index is 1.35. The molecule has 0 aliphatic carbocycles. The molecule has 5 rings (SSSR count). The second-order valence-corrected chi connectivity index (χ2v) is 12.8. The van der Waals surface area contributed by atoms with Gasteiger partial charge < -0.3 is 10.1 Å². The van der Waals surface area contributed by atoms with E-state index < -0.39 is 15.3 Å². The Morgan fingerprint density at radius 3 is 2.45 bits per heavy atom. The number of ether oxygens (including phenoxy) is 1. The number of fused-ring (bicyclic) bond motifs is 1. The maximum Gasteiger partial charge on any atom is 0.262 e. The number of sulfonamides is 1. The molecule has 1 amide bonds. The van der Waals surface area contributed by atoms with E-state index >= 15 is 0 Å². The lowest BCUT2D eigenvalue weighted by Gasteiger charge is -2.26. The molecule has 3 aromatic carbocycles. The highest BCUT2D eigenvalue weighted by molar-refractivity contribution is 8.00. The van der Waals surface area contributed by atoms with Crippen molar-refractivity contribution in [3.63, 3.8) is 0 Å². The molecule has 12 heteroatoms. The molecule has 4 aromatic rings. The number of benzene rings is 3. The van der Waals surface area contributed by atoms with Crippen LogP contribution >= 0.6 is 23.4 Å². The van der Waals surface area contributed by atoms with Gasteiger partial charge in [-0.2, -0.15) is 4.31 Å². The highest BCUT2D eigenvalue weighted by Crippen LogP contribution is 2.26. The van der Waals surface area contributed by atoms with Gasteiger partial charge in [0, 0.05) is 23.8 Å². The monoisotopic (exact) mass is 598 g/mol. The molecule has 2 heterocycles. The highest BCUT2D eigenvalue weighted by atomic mass is 35.5. The van der Waals surface area contributed by atoms with Crippen molar-refractivity contribution in [3.8, 4) is 0 Å². The fourth-order valence-electron chi connectivity index (χ4n) is 4.28. The van der Waals surface area contributed by atoms with Crippen LogP contribution in [0.5, 0.6) is 0 Å². The predicted octanol–water partition coefficient (Wildman–Crippen LogP) is 4.24. The third-order valence-electron chi connectivity index (χ3n) is 6.49. The Morgan fingerprint density at radius 1 is 1.05 bits per heavy atom. The highest BCUT2D eigenvalue weighted by Gasteiger charge is 2.26. The van der Waals surface area contributed by atoms with Crippen LogP contribution in [0.4, 0.5) is 5.69 Å². The van der Waals surface area contributed by atoms with E-state index in [0.717, 1.165) is 17.3 Å². The van der Waals surface area contributed by atoms with Gasteiger partial charge in [0.25, 0.3) is 5.56 Å². The molecule has 1 aromatic heterocycles. The minimum Gasteiger partial charge on any atom is -0.379 e. The molecule has 1 saturated heterocycles. The summed E-state index contributed by atoms with van der Waals surface area (Å²) in [6.07, 6.45) is 0. The minimum absolute atomic E-state index is 0.152. The number of anilines is 1. The first-order valence-electron chi connectivity index (χ1n) is 12.6. The number of morpholine rings is 1. The first-order valence-corrected chi connectivity index (χ1v) is 15.3. The van der Waals surface area contributed by atoms with Gasteiger partial charge in [-0.3, -0.25) is 14.2 Å². The van der Waals surface area contributed by atoms with Gasteiger partial charge >= 0.3 is 0 Å². The summed E-state index contributed by atoms with van der Waals surface area (Å²) in [6, 6.07) is 20.4. The van der Waals surface area contributed by atoms with Crippen LogP contribution in [0.25, 0.3) is 10.9 Å². The van der Waals surface area contributed by atoms with E-state index in [0.29, 0.717) is 53.1 Å². The number of aromatic nitrogens is 2. The van der Waals surface area contributed by atoms with Gasteiger partial charge in [0.15, 0.2) is 5.16 Å². The Morgan fingerprint density at radius 2 is 1.73 bits per heavy atom. The normalized spacial score (nSPS) is 15.2. The van der Waals surface area contributed by atoms with Crippen molar-refractivity contribution in [2.24, 2.45) is 0 Å². The van der Waals surface area contributed by atoms with Crippen LogP contribution in [0, 0.1) is 0 Å². The Bertz CT molecular complexity index is 1700. The molecule has 1 aliphatic rings. The zero-order valence-corrected chi connectivity index (χ0v) is 24.0. The molecule has 0 unspecified atom stereocenters. The molecule has 9 nitrogen and oxygen atoms in total. The largest absolute Gasteiger partial charge is 0.379 e. The topological polar surface area (TPSA) is 111 Å².